The van der Waals surface area contributed by atoms with Gasteiger partial charge in [0, 0.05) is 12.1 Å². The maximum Gasteiger partial charge on any atom is 0.234 e. The summed E-state index contributed by atoms with van der Waals surface area (Å²) in [5.41, 5.74) is 5.95. The average Bonchev–Trinajstić information content (AvgIpc) is 3.43. The molecule has 0 radical (unpaired) electrons. The second-order valence-corrected chi connectivity index (χ2v) is 8.40. The van der Waals surface area contributed by atoms with Gasteiger partial charge in [-0.2, -0.15) is 16.3 Å². The zero-order chi connectivity index (χ0) is 20.3. The van der Waals surface area contributed by atoms with E-state index in [9.17, 15) is 0 Å². The lowest BCUT2D eigenvalue weighted by Gasteiger charge is -2.15. The molecule has 0 N–H and O–H groups in total. The zero-order valence-corrected chi connectivity index (χ0v) is 17.5. The van der Waals surface area contributed by atoms with Crippen molar-refractivity contribution in [1.82, 2.24) is 14.7 Å². The number of hydrogen-bond acceptors (Lipinski definition) is 4. The van der Waals surface area contributed by atoms with Crippen molar-refractivity contribution in [2.24, 2.45) is 0 Å². The van der Waals surface area contributed by atoms with Crippen LogP contribution in [0.15, 0.2) is 88.3 Å². The predicted octanol–water partition coefficient (Wildman–Crippen LogP) is 6.05. The molecule has 0 saturated heterocycles. The Hall–Kier alpha value is -3.31. The van der Waals surface area contributed by atoms with Crippen LogP contribution in [0.3, 0.4) is 0 Å². The van der Waals surface area contributed by atoms with Crippen molar-refractivity contribution in [2.75, 3.05) is 0 Å². The average molecular weight is 413 g/mol. The van der Waals surface area contributed by atoms with E-state index in [4.69, 9.17) is 9.51 Å². The SMILES string of the molecule is Cc1ccc(CC(c2ccsc2)c2nc(-c3ccc(Cn4cc[cH-]4)cc3)no2)cc1. The van der Waals surface area contributed by atoms with E-state index in [-0.39, 0.29) is 5.92 Å². The van der Waals surface area contributed by atoms with Gasteiger partial charge in [-0.05, 0) is 46.9 Å². The first-order valence-corrected chi connectivity index (χ1v) is 11.0. The van der Waals surface area contributed by atoms with Crippen LogP contribution in [0.25, 0.3) is 11.4 Å². The highest BCUT2D eigenvalue weighted by Gasteiger charge is 2.22. The highest BCUT2D eigenvalue weighted by Crippen LogP contribution is 2.30. The van der Waals surface area contributed by atoms with Gasteiger partial charge in [-0.15, -0.1) is 18.5 Å². The number of benzene rings is 2. The van der Waals surface area contributed by atoms with Crippen LogP contribution in [0.4, 0.5) is 0 Å². The molecule has 3 aromatic heterocycles. The minimum atomic E-state index is 0.0493. The summed E-state index contributed by atoms with van der Waals surface area (Å²) in [4.78, 5) is 4.77. The van der Waals surface area contributed by atoms with Crippen LogP contribution in [0.1, 0.15) is 34.1 Å². The summed E-state index contributed by atoms with van der Waals surface area (Å²) in [6.07, 6.45) is 4.97. The number of aryl methyl sites for hydroxylation is 1. The molecule has 4 nitrogen and oxygen atoms in total. The fraction of sp³-hybridized carbons (Fsp3) is 0.160. The first kappa shape index (κ1) is 18.7. The number of rotatable bonds is 7. The Morgan fingerprint density at radius 2 is 1.80 bits per heavy atom. The maximum absolute atomic E-state index is 5.74. The van der Waals surface area contributed by atoms with Crippen molar-refractivity contribution in [1.29, 1.82) is 0 Å². The minimum Gasteiger partial charge on any atom is -0.455 e. The highest BCUT2D eigenvalue weighted by atomic mass is 32.1. The molecule has 0 aliphatic heterocycles. The minimum absolute atomic E-state index is 0.0493. The molecule has 1 unspecified atom stereocenters. The predicted molar refractivity (Wildman–Crippen MR) is 120 cm³/mol. The van der Waals surface area contributed by atoms with Gasteiger partial charge < -0.3 is 9.09 Å². The first-order chi connectivity index (χ1) is 14.7. The van der Waals surface area contributed by atoms with Crippen molar-refractivity contribution in [3.05, 3.63) is 112 Å². The van der Waals surface area contributed by atoms with Gasteiger partial charge in [-0.3, -0.25) is 0 Å². The van der Waals surface area contributed by atoms with Crippen LogP contribution < -0.4 is 0 Å². The van der Waals surface area contributed by atoms with E-state index < -0.39 is 0 Å². The van der Waals surface area contributed by atoms with Gasteiger partial charge in [0.05, 0.1) is 5.92 Å². The smallest absolute Gasteiger partial charge is 0.234 e. The van der Waals surface area contributed by atoms with Gasteiger partial charge in [-0.25, -0.2) is 0 Å². The number of aromatic nitrogens is 3. The van der Waals surface area contributed by atoms with E-state index in [0.717, 1.165) is 18.5 Å². The second-order valence-electron chi connectivity index (χ2n) is 7.62. The van der Waals surface area contributed by atoms with E-state index in [1.807, 2.05) is 6.07 Å². The molecule has 30 heavy (non-hydrogen) atoms. The lowest BCUT2D eigenvalue weighted by Crippen LogP contribution is -2.05. The Balaban J connectivity index is 1.39. The monoisotopic (exact) mass is 412 g/mol. The topological polar surface area (TPSA) is 43.9 Å². The van der Waals surface area contributed by atoms with Gasteiger partial charge in [0.2, 0.25) is 11.7 Å². The van der Waals surface area contributed by atoms with Crippen LogP contribution in [0, 0.1) is 6.92 Å². The summed E-state index contributed by atoms with van der Waals surface area (Å²) in [5.74, 6) is 1.35. The summed E-state index contributed by atoms with van der Waals surface area (Å²) in [7, 11) is 0. The Morgan fingerprint density at radius 1 is 1.03 bits per heavy atom. The summed E-state index contributed by atoms with van der Waals surface area (Å²) >= 11 is 1.69. The van der Waals surface area contributed by atoms with E-state index in [0.29, 0.717) is 11.7 Å². The Kier molecular flexibility index (Phi) is 5.11. The molecule has 1 atom stereocenters. The number of thiophene rings is 1. The van der Waals surface area contributed by atoms with Gasteiger partial charge in [0.1, 0.15) is 0 Å². The van der Waals surface area contributed by atoms with Gasteiger partial charge >= 0.3 is 0 Å². The fourth-order valence-corrected chi connectivity index (χ4v) is 4.27. The molecule has 5 rings (SSSR count). The molecule has 0 amide bonds. The standard InChI is InChI=1S/C25H22N3OS/c1-18-3-5-19(6-4-18)15-23(22-11-14-30-17-22)25-26-24(27-29-25)21-9-7-20(8-10-21)16-28-12-2-13-28/h2-14,17,23H,15-16H2,1H3/q-1. The molecule has 2 aromatic carbocycles. The summed E-state index contributed by atoms with van der Waals surface area (Å²) in [6.45, 7) is 2.99. The molecule has 0 saturated carbocycles. The zero-order valence-electron chi connectivity index (χ0n) is 16.7. The van der Waals surface area contributed by atoms with Crippen molar-refractivity contribution < 1.29 is 4.52 Å². The molecule has 0 fully saturated rings. The number of hydrogen-bond donors (Lipinski definition) is 0. The Bertz CT molecular complexity index is 1190. The van der Waals surface area contributed by atoms with Gasteiger partial charge in [0.25, 0.3) is 0 Å². The van der Waals surface area contributed by atoms with Crippen LogP contribution in [0.2, 0.25) is 0 Å². The lowest BCUT2D eigenvalue weighted by atomic mass is 9.93. The number of nitrogens with zero attached hydrogens (tertiary/aromatic N) is 3. The normalized spacial score (nSPS) is 12.3. The highest BCUT2D eigenvalue weighted by molar-refractivity contribution is 7.08. The summed E-state index contributed by atoms with van der Waals surface area (Å²) in [5, 5.41) is 8.54. The summed E-state index contributed by atoms with van der Waals surface area (Å²) < 4.78 is 7.89. The van der Waals surface area contributed by atoms with Crippen molar-refractivity contribution in [3.8, 4) is 11.4 Å². The van der Waals surface area contributed by atoms with Gasteiger partial charge in [-0.1, -0.05) is 59.3 Å². The Morgan fingerprint density at radius 3 is 2.47 bits per heavy atom. The molecule has 0 aliphatic rings. The van der Waals surface area contributed by atoms with E-state index in [2.05, 4.69) is 94.4 Å². The van der Waals surface area contributed by atoms with Crippen molar-refractivity contribution >= 4 is 11.3 Å². The molecule has 0 aliphatic carbocycles. The second kappa shape index (κ2) is 8.20. The largest absolute Gasteiger partial charge is 0.455 e. The third kappa shape index (κ3) is 4.02. The Labute approximate surface area is 179 Å². The van der Waals surface area contributed by atoms with Crippen LogP contribution >= 0.6 is 11.3 Å². The van der Waals surface area contributed by atoms with Crippen LogP contribution in [-0.4, -0.2) is 14.7 Å². The van der Waals surface area contributed by atoms with Crippen molar-refractivity contribution in [2.45, 2.75) is 25.8 Å². The molecule has 0 bridgehead atoms. The molecule has 5 heteroatoms. The maximum atomic E-state index is 5.74. The summed E-state index contributed by atoms with van der Waals surface area (Å²) in [6, 6.07) is 21.2. The third-order valence-electron chi connectivity index (χ3n) is 5.38. The molecular weight excluding hydrogens is 390 g/mol. The fourth-order valence-electron chi connectivity index (χ4n) is 3.56. The molecular formula is C25H22N3OS-. The van der Waals surface area contributed by atoms with Crippen LogP contribution in [-0.2, 0) is 13.0 Å². The molecule has 5 aromatic rings. The molecule has 3 heterocycles. The molecule has 150 valence electrons. The lowest BCUT2D eigenvalue weighted by molar-refractivity contribution is 0.365. The van der Waals surface area contributed by atoms with E-state index in [1.165, 1.54) is 22.3 Å². The first-order valence-electron chi connectivity index (χ1n) is 10.0. The third-order valence-corrected chi connectivity index (χ3v) is 6.08. The quantitative estimate of drug-likeness (QED) is 0.306. The van der Waals surface area contributed by atoms with Crippen LogP contribution in [0.5, 0.6) is 0 Å². The molecule has 0 spiro atoms. The van der Waals surface area contributed by atoms with E-state index in [1.54, 1.807) is 11.3 Å². The van der Waals surface area contributed by atoms with Gasteiger partial charge in [0.15, 0.2) is 0 Å². The van der Waals surface area contributed by atoms with Crippen molar-refractivity contribution in [3.63, 3.8) is 0 Å². The van der Waals surface area contributed by atoms with E-state index >= 15 is 0 Å².